The molecule has 2 N–H and O–H groups in total. The first kappa shape index (κ1) is 13.7. The third-order valence-corrected chi connectivity index (χ3v) is 2.79. The van der Waals surface area contributed by atoms with Crippen LogP contribution in [-0.4, -0.2) is 40.8 Å². The van der Waals surface area contributed by atoms with Gasteiger partial charge in [0.2, 0.25) is 0 Å². The molecule has 0 aliphatic heterocycles. The summed E-state index contributed by atoms with van der Waals surface area (Å²) in [6.45, 7) is 4.76. The number of nitrogens with zero attached hydrogens (tertiary/aromatic N) is 1. The van der Waals surface area contributed by atoms with Gasteiger partial charge in [-0.15, -0.1) is 0 Å². The van der Waals surface area contributed by atoms with E-state index in [-0.39, 0.29) is 6.61 Å². The number of carboxylic acids is 1. The van der Waals surface area contributed by atoms with Crippen LogP contribution in [0.1, 0.15) is 24.1 Å². The molecule has 0 aliphatic carbocycles. The van der Waals surface area contributed by atoms with E-state index in [0.29, 0.717) is 13.1 Å². The van der Waals surface area contributed by atoms with Crippen molar-refractivity contribution >= 4 is 5.97 Å². The van der Waals surface area contributed by atoms with Crippen LogP contribution in [0.15, 0.2) is 24.3 Å². The number of likely N-dealkylation sites (N-methyl/N-ethyl adjacent to an activating group) is 1. The summed E-state index contributed by atoms with van der Waals surface area (Å²) in [6.07, 6.45) is 0. The summed E-state index contributed by atoms with van der Waals surface area (Å²) in [7, 11) is 0. The maximum Gasteiger partial charge on any atom is 0.325 e. The summed E-state index contributed by atoms with van der Waals surface area (Å²) in [5.41, 5.74) is 1.85. The molecule has 1 unspecified atom stereocenters. The second kappa shape index (κ2) is 6.37. The Kier molecular flexibility index (Phi) is 5.12. The van der Waals surface area contributed by atoms with Gasteiger partial charge in [0.05, 0.1) is 6.61 Å². The van der Waals surface area contributed by atoms with Crippen LogP contribution in [0.4, 0.5) is 0 Å². The molecule has 0 saturated carbocycles. The van der Waals surface area contributed by atoms with Crippen molar-refractivity contribution in [2.24, 2.45) is 0 Å². The predicted octanol–water partition coefficient (Wildman–Crippen LogP) is 1.43. The van der Waals surface area contributed by atoms with Crippen molar-refractivity contribution in [3.63, 3.8) is 0 Å². The zero-order valence-corrected chi connectivity index (χ0v) is 10.3. The Balaban J connectivity index is 2.99. The highest BCUT2D eigenvalue weighted by atomic mass is 16.4. The normalized spacial score (nSPS) is 12.7. The minimum absolute atomic E-state index is 0.0382. The van der Waals surface area contributed by atoms with Crippen molar-refractivity contribution in [1.29, 1.82) is 0 Å². The Bertz CT molecular complexity index is 361. The van der Waals surface area contributed by atoms with Gasteiger partial charge in [-0.25, -0.2) is 0 Å². The molecule has 0 saturated heterocycles. The molecule has 17 heavy (non-hydrogen) atoms. The number of carbonyl (C=O) groups is 1. The van der Waals surface area contributed by atoms with Crippen molar-refractivity contribution in [3.8, 4) is 0 Å². The van der Waals surface area contributed by atoms with E-state index in [4.69, 9.17) is 5.11 Å². The van der Waals surface area contributed by atoms with E-state index in [1.54, 1.807) is 4.90 Å². The van der Waals surface area contributed by atoms with Gasteiger partial charge >= 0.3 is 5.97 Å². The minimum atomic E-state index is -0.885. The van der Waals surface area contributed by atoms with Crippen LogP contribution >= 0.6 is 0 Å². The van der Waals surface area contributed by atoms with Crippen molar-refractivity contribution in [1.82, 2.24) is 4.90 Å². The second-order valence-corrected chi connectivity index (χ2v) is 4.00. The Morgan fingerprint density at radius 2 is 1.94 bits per heavy atom. The highest BCUT2D eigenvalue weighted by molar-refractivity contribution is 5.75. The van der Waals surface area contributed by atoms with Crippen LogP contribution in [0.2, 0.25) is 0 Å². The molecule has 0 aliphatic rings. The molecule has 1 aromatic rings. The fourth-order valence-electron chi connectivity index (χ4n) is 1.86. The van der Waals surface area contributed by atoms with Crippen LogP contribution in [0.5, 0.6) is 0 Å². The number of hydrogen-bond donors (Lipinski definition) is 2. The van der Waals surface area contributed by atoms with Crippen LogP contribution in [0.3, 0.4) is 0 Å². The Labute approximate surface area is 101 Å². The van der Waals surface area contributed by atoms with Gasteiger partial charge in [-0.05, 0) is 19.0 Å². The van der Waals surface area contributed by atoms with E-state index in [1.165, 1.54) is 0 Å². The second-order valence-electron chi connectivity index (χ2n) is 4.00. The van der Waals surface area contributed by atoms with Gasteiger partial charge in [0, 0.05) is 6.54 Å². The monoisotopic (exact) mass is 237 g/mol. The maximum absolute atomic E-state index is 11.3. The topological polar surface area (TPSA) is 60.8 Å². The molecular weight excluding hydrogens is 218 g/mol. The number of carboxylic acid groups (broad SMARTS) is 1. The highest BCUT2D eigenvalue weighted by Gasteiger charge is 2.25. The lowest BCUT2D eigenvalue weighted by molar-refractivity contribution is -0.143. The summed E-state index contributed by atoms with van der Waals surface area (Å²) in [5, 5.41) is 18.3. The predicted molar refractivity (Wildman–Crippen MR) is 65.9 cm³/mol. The van der Waals surface area contributed by atoms with E-state index in [0.717, 1.165) is 11.1 Å². The van der Waals surface area contributed by atoms with Crippen LogP contribution in [0.25, 0.3) is 0 Å². The molecule has 94 valence electrons. The Morgan fingerprint density at radius 3 is 2.35 bits per heavy atom. The van der Waals surface area contributed by atoms with E-state index < -0.39 is 12.0 Å². The van der Waals surface area contributed by atoms with Crippen LogP contribution in [0, 0.1) is 6.92 Å². The van der Waals surface area contributed by atoms with E-state index in [9.17, 15) is 9.90 Å². The van der Waals surface area contributed by atoms with Gasteiger partial charge in [0.1, 0.15) is 6.04 Å². The molecule has 0 radical (unpaired) electrons. The molecular formula is C13H19NO3. The van der Waals surface area contributed by atoms with E-state index in [2.05, 4.69) is 0 Å². The standard InChI is InChI=1S/C13H19NO3/c1-3-14(8-9-15)12(13(16)17)11-6-4-10(2)5-7-11/h4-7,12,15H,3,8-9H2,1-2H3,(H,16,17). The van der Waals surface area contributed by atoms with Gasteiger partial charge in [0.25, 0.3) is 0 Å². The van der Waals surface area contributed by atoms with Gasteiger partial charge in [-0.3, -0.25) is 9.69 Å². The first-order chi connectivity index (χ1) is 8.10. The molecule has 1 aromatic carbocycles. The molecule has 1 atom stereocenters. The average Bonchev–Trinajstić information content (AvgIpc) is 2.30. The minimum Gasteiger partial charge on any atom is -0.480 e. The maximum atomic E-state index is 11.3. The van der Waals surface area contributed by atoms with Crippen molar-refractivity contribution < 1.29 is 15.0 Å². The molecule has 0 bridgehead atoms. The summed E-state index contributed by atoms with van der Waals surface area (Å²) < 4.78 is 0. The van der Waals surface area contributed by atoms with Crippen molar-refractivity contribution in [2.45, 2.75) is 19.9 Å². The molecule has 4 nitrogen and oxygen atoms in total. The summed E-state index contributed by atoms with van der Waals surface area (Å²) in [4.78, 5) is 13.1. The van der Waals surface area contributed by atoms with E-state index >= 15 is 0 Å². The van der Waals surface area contributed by atoms with Crippen molar-refractivity contribution in [2.75, 3.05) is 19.7 Å². The summed E-state index contributed by atoms with van der Waals surface area (Å²) >= 11 is 0. The highest BCUT2D eigenvalue weighted by Crippen LogP contribution is 2.21. The van der Waals surface area contributed by atoms with Gasteiger partial charge in [-0.1, -0.05) is 36.8 Å². The smallest absolute Gasteiger partial charge is 0.325 e. The number of hydrogen-bond acceptors (Lipinski definition) is 3. The Hall–Kier alpha value is -1.39. The molecule has 0 amide bonds. The number of aliphatic hydroxyl groups excluding tert-OH is 1. The molecule has 0 aromatic heterocycles. The molecule has 0 fully saturated rings. The number of aliphatic hydroxyl groups is 1. The van der Waals surface area contributed by atoms with E-state index in [1.807, 2.05) is 38.1 Å². The van der Waals surface area contributed by atoms with Crippen LogP contribution < -0.4 is 0 Å². The number of aliphatic carboxylic acids is 1. The zero-order valence-electron chi connectivity index (χ0n) is 10.3. The van der Waals surface area contributed by atoms with Gasteiger partial charge < -0.3 is 10.2 Å². The zero-order chi connectivity index (χ0) is 12.8. The fourth-order valence-corrected chi connectivity index (χ4v) is 1.86. The molecule has 0 spiro atoms. The number of aryl methyl sites for hydroxylation is 1. The molecule has 4 heteroatoms. The fraction of sp³-hybridized carbons (Fsp3) is 0.462. The number of benzene rings is 1. The Morgan fingerprint density at radius 1 is 1.35 bits per heavy atom. The van der Waals surface area contributed by atoms with Gasteiger partial charge in [-0.2, -0.15) is 0 Å². The summed E-state index contributed by atoms with van der Waals surface area (Å²) in [5.74, 6) is -0.885. The number of rotatable bonds is 6. The molecule has 0 heterocycles. The van der Waals surface area contributed by atoms with Crippen molar-refractivity contribution in [3.05, 3.63) is 35.4 Å². The third kappa shape index (κ3) is 3.54. The van der Waals surface area contributed by atoms with Crippen LogP contribution in [-0.2, 0) is 4.79 Å². The van der Waals surface area contributed by atoms with Gasteiger partial charge in [0.15, 0.2) is 0 Å². The lowest BCUT2D eigenvalue weighted by Gasteiger charge is -2.27. The third-order valence-electron chi connectivity index (χ3n) is 2.79. The quantitative estimate of drug-likeness (QED) is 0.786. The lowest BCUT2D eigenvalue weighted by Crippen LogP contribution is -2.36. The lowest BCUT2D eigenvalue weighted by atomic mass is 10.0. The first-order valence-corrected chi connectivity index (χ1v) is 5.74. The largest absolute Gasteiger partial charge is 0.480 e. The summed E-state index contributed by atoms with van der Waals surface area (Å²) in [6, 6.07) is 6.77. The first-order valence-electron chi connectivity index (χ1n) is 5.74. The molecule has 1 rings (SSSR count). The average molecular weight is 237 g/mol. The SMILES string of the molecule is CCN(CCO)C(C(=O)O)c1ccc(C)cc1.